The van der Waals surface area contributed by atoms with Gasteiger partial charge in [-0.3, -0.25) is 4.90 Å². The third-order valence-electron chi connectivity index (χ3n) is 4.60. The number of carbonyl (C=O) groups is 2. The van der Waals surface area contributed by atoms with Crippen LogP contribution >= 0.6 is 11.6 Å². The molecule has 0 radical (unpaired) electrons. The summed E-state index contributed by atoms with van der Waals surface area (Å²) >= 11 is 5.96. The summed E-state index contributed by atoms with van der Waals surface area (Å²) < 4.78 is 5.00. The summed E-state index contributed by atoms with van der Waals surface area (Å²) in [6, 6.07) is 15.9. The number of hydrogen-bond donors (Lipinski definition) is 1. The average Bonchev–Trinajstić information content (AvgIpc) is 2.70. The lowest BCUT2D eigenvalue weighted by Gasteiger charge is -2.38. The predicted molar refractivity (Wildman–Crippen MR) is 105 cm³/mol. The fraction of sp³-hybridized carbons (Fsp3) is 0.300. The minimum absolute atomic E-state index is 0.137. The Morgan fingerprint density at radius 2 is 1.63 bits per heavy atom. The van der Waals surface area contributed by atoms with E-state index in [0.717, 1.165) is 11.3 Å². The van der Waals surface area contributed by atoms with Crippen molar-refractivity contribution in [3.63, 3.8) is 0 Å². The van der Waals surface area contributed by atoms with Gasteiger partial charge in [-0.2, -0.15) is 0 Å². The van der Waals surface area contributed by atoms with Gasteiger partial charge >= 0.3 is 12.0 Å². The molecule has 142 valence electrons. The van der Waals surface area contributed by atoms with Gasteiger partial charge < -0.3 is 15.0 Å². The number of para-hydroxylation sites is 1. The average molecular weight is 388 g/mol. The van der Waals surface area contributed by atoms with E-state index in [2.05, 4.69) is 5.32 Å². The van der Waals surface area contributed by atoms with Gasteiger partial charge in [-0.15, -0.1) is 0 Å². The first-order valence-electron chi connectivity index (χ1n) is 8.77. The number of benzene rings is 2. The zero-order chi connectivity index (χ0) is 19.2. The zero-order valence-corrected chi connectivity index (χ0v) is 15.9. The molecule has 6 nitrogen and oxygen atoms in total. The Kier molecular flexibility index (Phi) is 6.32. The number of amides is 2. The van der Waals surface area contributed by atoms with E-state index in [1.807, 2.05) is 47.4 Å². The first kappa shape index (κ1) is 19.2. The van der Waals surface area contributed by atoms with Crippen molar-refractivity contribution in [2.45, 2.75) is 6.04 Å². The highest BCUT2D eigenvalue weighted by atomic mass is 35.5. The number of halogens is 1. The van der Waals surface area contributed by atoms with Crippen molar-refractivity contribution >= 4 is 29.3 Å². The maximum absolute atomic E-state index is 12.4. The highest BCUT2D eigenvalue weighted by Gasteiger charge is 2.32. The summed E-state index contributed by atoms with van der Waals surface area (Å²) in [6.07, 6.45) is 0. The van der Waals surface area contributed by atoms with Crippen molar-refractivity contribution in [3.05, 3.63) is 65.2 Å². The molecule has 1 atom stereocenters. The van der Waals surface area contributed by atoms with Crippen molar-refractivity contribution in [3.8, 4) is 0 Å². The van der Waals surface area contributed by atoms with Gasteiger partial charge in [0.1, 0.15) is 6.04 Å². The van der Waals surface area contributed by atoms with E-state index in [4.69, 9.17) is 16.3 Å². The Morgan fingerprint density at radius 3 is 2.22 bits per heavy atom. The van der Waals surface area contributed by atoms with E-state index < -0.39 is 6.04 Å². The highest BCUT2D eigenvalue weighted by molar-refractivity contribution is 6.30. The largest absolute Gasteiger partial charge is 0.468 e. The van der Waals surface area contributed by atoms with E-state index >= 15 is 0 Å². The molecule has 0 aliphatic carbocycles. The molecule has 2 amide bonds. The zero-order valence-electron chi connectivity index (χ0n) is 15.1. The molecule has 0 aromatic heterocycles. The number of nitrogens with zero attached hydrogens (tertiary/aromatic N) is 2. The molecule has 0 bridgehead atoms. The molecule has 27 heavy (non-hydrogen) atoms. The minimum Gasteiger partial charge on any atom is -0.468 e. The standard InChI is InChI=1S/C20H22ClN3O3/c1-27-19(25)18(15-7-9-16(21)10-8-15)23-11-13-24(14-12-23)20(26)22-17-5-3-2-4-6-17/h2-10,18H,11-14H2,1H3,(H,22,26). The van der Waals surface area contributed by atoms with Gasteiger partial charge in [-0.1, -0.05) is 41.9 Å². The Bertz CT molecular complexity index is 775. The fourth-order valence-electron chi connectivity index (χ4n) is 3.16. The second-order valence-electron chi connectivity index (χ2n) is 6.30. The third kappa shape index (κ3) is 4.78. The normalized spacial score (nSPS) is 15.9. The molecule has 1 fully saturated rings. The number of rotatable bonds is 4. The quantitative estimate of drug-likeness (QED) is 0.817. The fourth-order valence-corrected chi connectivity index (χ4v) is 3.29. The summed E-state index contributed by atoms with van der Waals surface area (Å²) in [6.45, 7) is 2.20. The monoisotopic (exact) mass is 387 g/mol. The second kappa shape index (κ2) is 8.88. The Morgan fingerprint density at radius 1 is 1.00 bits per heavy atom. The lowest BCUT2D eigenvalue weighted by molar-refractivity contribution is -0.148. The van der Waals surface area contributed by atoms with E-state index in [-0.39, 0.29) is 12.0 Å². The van der Waals surface area contributed by atoms with Crippen LogP contribution in [0.25, 0.3) is 0 Å². The predicted octanol–water partition coefficient (Wildman–Crippen LogP) is 3.40. The highest BCUT2D eigenvalue weighted by Crippen LogP contribution is 2.25. The van der Waals surface area contributed by atoms with Gasteiger partial charge in [0, 0.05) is 36.9 Å². The molecule has 2 aromatic carbocycles. The van der Waals surface area contributed by atoms with Gasteiger partial charge in [0.2, 0.25) is 0 Å². The van der Waals surface area contributed by atoms with Crippen LogP contribution in [0.3, 0.4) is 0 Å². The molecule has 2 aromatic rings. The number of esters is 1. The van der Waals surface area contributed by atoms with Gasteiger partial charge in [-0.05, 0) is 29.8 Å². The van der Waals surface area contributed by atoms with Gasteiger partial charge in [0.25, 0.3) is 0 Å². The lowest BCUT2D eigenvalue weighted by Crippen LogP contribution is -2.52. The topological polar surface area (TPSA) is 61.9 Å². The van der Waals surface area contributed by atoms with Gasteiger partial charge in [0.05, 0.1) is 7.11 Å². The number of hydrogen-bond acceptors (Lipinski definition) is 4. The van der Waals surface area contributed by atoms with Crippen LogP contribution in [0.1, 0.15) is 11.6 Å². The molecule has 3 rings (SSSR count). The van der Waals surface area contributed by atoms with Gasteiger partial charge in [-0.25, -0.2) is 9.59 Å². The third-order valence-corrected chi connectivity index (χ3v) is 4.85. The maximum Gasteiger partial charge on any atom is 0.327 e. The molecule has 1 saturated heterocycles. The molecule has 1 N–H and O–H groups in total. The summed E-state index contributed by atoms with van der Waals surface area (Å²) in [7, 11) is 1.38. The number of nitrogens with one attached hydrogen (secondary N) is 1. The van der Waals surface area contributed by atoms with Crippen LogP contribution in [-0.2, 0) is 9.53 Å². The van der Waals surface area contributed by atoms with E-state index in [1.54, 1.807) is 17.0 Å². The van der Waals surface area contributed by atoms with E-state index in [1.165, 1.54) is 7.11 Å². The number of urea groups is 1. The number of carbonyl (C=O) groups excluding carboxylic acids is 2. The van der Waals surface area contributed by atoms with Crippen LogP contribution in [0.15, 0.2) is 54.6 Å². The minimum atomic E-state index is -0.508. The smallest absolute Gasteiger partial charge is 0.327 e. The lowest BCUT2D eigenvalue weighted by atomic mass is 10.0. The van der Waals surface area contributed by atoms with Crippen molar-refractivity contribution in [2.75, 3.05) is 38.6 Å². The second-order valence-corrected chi connectivity index (χ2v) is 6.73. The van der Waals surface area contributed by atoms with Crippen LogP contribution < -0.4 is 5.32 Å². The van der Waals surface area contributed by atoms with Crippen molar-refractivity contribution < 1.29 is 14.3 Å². The molecule has 1 heterocycles. The van der Waals surface area contributed by atoms with Crippen molar-refractivity contribution in [1.29, 1.82) is 0 Å². The SMILES string of the molecule is COC(=O)C(c1ccc(Cl)cc1)N1CCN(C(=O)Nc2ccccc2)CC1. The maximum atomic E-state index is 12.4. The summed E-state index contributed by atoms with van der Waals surface area (Å²) in [5.41, 5.74) is 1.59. The summed E-state index contributed by atoms with van der Waals surface area (Å²) in [4.78, 5) is 28.6. The van der Waals surface area contributed by atoms with Crippen LogP contribution in [-0.4, -0.2) is 55.1 Å². The van der Waals surface area contributed by atoms with Crippen molar-refractivity contribution in [2.24, 2.45) is 0 Å². The molecule has 1 unspecified atom stereocenters. The first-order chi connectivity index (χ1) is 13.1. The Hall–Kier alpha value is -2.57. The molecule has 0 spiro atoms. The molecule has 7 heteroatoms. The molecular formula is C20H22ClN3O3. The van der Waals surface area contributed by atoms with Crippen LogP contribution in [0, 0.1) is 0 Å². The Balaban J connectivity index is 1.64. The summed E-state index contributed by atoms with van der Waals surface area (Å²) in [5, 5.41) is 3.51. The first-order valence-corrected chi connectivity index (χ1v) is 9.14. The summed E-state index contributed by atoms with van der Waals surface area (Å²) in [5.74, 6) is -0.320. The van der Waals surface area contributed by atoms with E-state index in [0.29, 0.717) is 31.2 Å². The van der Waals surface area contributed by atoms with Crippen LogP contribution in [0.4, 0.5) is 10.5 Å². The molecule has 0 saturated carbocycles. The number of ether oxygens (including phenoxy) is 1. The number of piperazine rings is 1. The molecule has 1 aliphatic rings. The Labute approximate surface area is 163 Å². The van der Waals surface area contributed by atoms with Gasteiger partial charge in [0.15, 0.2) is 0 Å². The van der Waals surface area contributed by atoms with Crippen LogP contribution in [0.2, 0.25) is 5.02 Å². The van der Waals surface area contributed by atoms with Crippen molar-refractivity contribution in [1.82, 2.24) is 9.80 Å². The molecule has 1 aliphatic heterocycles. The number of methoxy groups -OCH3 is 1. The van der Waals surface area contributed by atoms with Crippen LogP contribution in [0.5, 0.6) is 0 Å². The van der Waals surface area contributed by atoms with E-state index in [9.17, 15) is 9.59 Å². The molecular weight excluding hydrogens is 366 g/mol. The number of anilines is 1.